The molecule has 1 rings (SSSR count). The largest absolute Gasteiger partial charge is 0.379 e. The second-order valence-corrected chi connectivity index (χ2v) is 4.85. The highest BCUT2D eigenvalue weighted by Crippen LogP contribution is 1.97. The summed E-state index contributed by atoms with van der Waals surface area (Å²) in [5.74, 6) is 1.13. The molecule has 100 valence electrons. The number of rotatable bonds is 6. The van der Waals surface area contributed by atoms with E-state index in [1.54, 1.807) is 0 Å². The van der Waals surface area contributed by atoms with Gasteiger partial charge in [0.1, 0.15) is 0 Å². The molecular formula is C12H26N4O. The Morgan fingerprint density at radius 2 is 2.12 bits per heavy atom. The molecule has 1 heterocycles. The minimum atomic E-state index is 0.559. The van der Waals surface area contributed by atoms with Crippen molar-refractivity contribution in [1.82, 2.24) is 10.2 Å². The van der Waals surface area contributed by atoms with Gasteiger partial charge in [0.25, 0.3) is 0 Å². The van der Waals surface area contributed by atoms with E-state index in [0.29, 0.717) is 11.9 Å². The lowest BCUT2D eigenvalue weighted by Gasteiger charge is -2.26. The standard InChI is InChI=1S/C12H26N4O/c1-11(2)10-15-12(13)14-4-3-5-16-6-8-17-9-7-16/h11H,3-10H2,1-2H3,(H3,13,14,15). The molecule has 1 saturated heterocycles. The number of guanidine groups is 1. The molecule has 0 aromatic carbocycles. The zero-order valence-electron chi connectivity index (χ0n) is 11.1. The van der Waals surface area contributed by atoms with Crippen molar-refractivity contribution in [3.8, 4) is 0 Å². The first-order valence-corrected chi connectivity index (χ1v) is 6.52. The molecule has 0 unspecified atom stereocenters. The predicted octanol–water partition coefficient (Wildman–Crippen LogP) is 0.269. The molecule has 0 radical (unpaired) electrons. The van der Waals surface area contributed by atoms with Crippen LogP contribution in [0.3, 0.4) is 0 Å². The highest BCUT2D eigenvalue weighted by Gasteiger charge is 2.08. The van der Waals surface area contributed by atoms with Crippen LogP contribution >= 0.6 is 0 Å². The monoisotopic (exact) mass is 242 g/mol. The maximum Gasteiger partial charge on any atom is 0.188 e. The molecule has 0 amide bonds. The van der Waals surface area contributed by atoms with Crippen molar-refractivity contribution in [2.45, 2.75) is 20.3 Å². The number of aliphatic imine (C=N–C) groups is 1. The molecule has 0 spiro atoms. The van der Waals surface area contributed by atoms with Gasteiger partial charge < -0.3 is 15.8 Å². The smallest absolute Gasteiger partial charge is 0.188 e. The fourth-order valence-corrected chi connectivity index (χ4v) is 1.68. The van der Waals surface area contributed by atoms with Crippen molar-refractivity contribution < 1.29 is 4.74 Å². The number of ether oxygens (including phenoxy) is 1. The molecule has 1 aliphatic rings. The molecule has 5 heteroatoms. The fraction of sp³-hybridized carbons (Fsp3) is 0.917. The SMILES string of the molecule is CC(C)CN=C(N)NCCCN1CCOCC1. The van der Waals surface area contributed by atoms with E-state index < -0.39 is 0 Å². The van der Waals surface area contributed by atoms with Crippen molar-refractivity contribution in [3.63, 3.8) is 0 Å². The summed E-state index contributed by atoms with van der Waals surface area (Å²) in [4.78, 5) is 6.68. The number of morpholine rings is 1. The third-order valence-electron chi connectivity index (χ3n) is 2.69. The van der Waals surface area contributed by atoms with Crippen LogP contribution in [0.4, 0.5) is 0 Å². The molecule has 0 aromatic heterocycles. The molecule has 17 heavy (non-hydrogen) atoms. The van der Waals surface area contributed by atoms with Crippen molar-refractivity contribution in [2.75, 3.05) is 45.9 Å². The van der Waals surface area contributed by atoms with Crippen molar-refractivity contribution >= 4 is 5.96 Å². The molecule has 5 nitrogen and oxygen atoms in total. The van der Waals surface area contributed by atoms with E-state index >= 15 is 0 Å². The van der Waals surface area contributed by atoms with Crippen LogP contribution in [-0.2, 0) is 4.74 Å². The van der Waals surface area contributed by atoms with Crippen molar-refractivity contribution in [3.05, 3.63) is 0 Å². The average Bonchev–Trinajstić information content (AvgIpc) is 2.33. The quantitative estimate of drug-likeness (QED) is 0.399. The Balaban J connectivity index is 2.01. The third kappa shape index (κ3) is 7.18. The zero-order chi connectivity index (χ0) is 12.5. The molecule has 0 aromatic rings. The number of nitrogens with one attached hydrogen (secondary N) is 1. The lowest BCUT2D eigenvalue weighted by molar-refractivity contribution is 0.0376. The lowest BCUT2D eigenvalue weighted by Crippen LogP contribution is -2.39. The van der Waals surface area contributed by atoms with Gasteiger partial charge in [-0.25, -0.2) is 0 Å². The second kappa shape index (κ2) is 8.31. The Morgan fingerprint density at radius 3 is 2.76 bits per heavy atom. The van der Waals surface area contributed by atoms with Crippen LogP contribution in [0.1, 0.15) is 20.3 Å². The molecule has 1 aliphatic heterocycles. The van der Waals surface area contributed by atoms with Gasteiger partial charge in [-0.3, -0.25) is 9.89 Å². The van der Waals surface area contributed by atoms with Crippen LogP contribution in [0.5, 0.6) is 0 Å². The van der Waals surface area contributed by atoms with Crippen molar-refractivity contribution in [1.29, 1.82) is 0 Å². The van der Waals surface area contributed by atoms with E-state index in [4.69, 9.17) is 10.5 Å². The molecular weight excluding hydrogens is 216 g/mol. The summed E-state index contributed by atoms with van der Waals surface area (Å²) in [6.07, 6.45) is 1.10. The van der Waals surface area contributed by atoms with Gasteiger partial charge in [-0.2, -0.15) is 0 Å². The fourth-order valence-electron chi connectivity index (χ4n) is 1.68. The summed E-state index contributed by atoms with van der Waals surface area (Å²) in [6, 6.07) is 0. The van der Waals surface area contributed by atoms with E-state index in [0.717, 1.165) is 52.4 Å². The van der Waals surface area contributed by atoms with Crippen LogP contribution in [-0.4, -0.2) is 56.8 Å². The van der Waals surface area contributed by atoms with E-state index in [-0.39, 0.29) is 0 Å². The van der Waals surface area contributed by atoms with Gasteiger partial charge in [0.2, 0.25) is 0 Å². The van der Waals surface area contributed by atoms with Gasteiger partial charge in [-0.1, -0.05) is 13.8 Å². The summed E-state index contributed by atoms with van der Waals surface area (Å²) < 4.78 is 5.30. The predicted molar refractivity (Wildman–Crippen MR) is 71.2 cm³/mol. The first-order chi connectivity index (χ1) is 8.18. The van der Waals surface area contributed by atoms with Gasteiger partial charge in [-0.05, 0) is 18.9 Å². The third-order valence-corrected chi connectivity index (χ3v) is 2.69. The summed E-state index contributed by atoms with van der Waals surface area (Å²) in [5, 5.41) is 3.15. The van der Waals surface area contributed by atoms with E-state index in [1.165, 1.54) is 0 Å². The highest BCUT2D eigenvalue weighted by molar-refractivity contribution is 5.77. The lowest BCUT2D eigenvalue weighted by atomic mass is 10.2. The number of hydrogen-bond acceptors (Lipinski definition) is 3. The van der Waals surface area contributed by atoms with Crippen LogP contribution in [0.25, 0.3) is 0 Å². The number of nitrogens with two attached hydrogens (primary N) is 1. The van der Waals surface area contributed by atoms with Crippen LogP contribution in [0.2, 0.25) is 0 Å². The normalized spacial score (nSPS) is 18.6. The summed E-state index contributed by atoms with van der Waals surface area (Å²) >= 11 is 0. The Morgan fingerprint density at radius 1 is 1.41 bits per heavy atom. The summed E-state index contributed by atoms with van der Waals surface area (Å²) in [7, 11) is 0. The van der Waals surface area contributed by atoms with Crippen LogP contribution in [0.15, 0.2) is 4.99 Å². The number of hydrogen-bond donors (Lipinski definition) is 2. The second-order valence-electron chi connectivity index (χ2n) is 4.85. The van der Waals surface area contributed by atoms with Gasteiger partial charge in [0, 0.05) is 26.2 Å². The number of nitrogens with zero attached hydrogens (tertiary/aromatic N) is 2. The molecule has 0 bridgehead atoms. The molecule has 3 N–H and O–H groups in total. The van der Waals surface area contributed by atoms with Crippen molar-refractivity contribution in [2.24, 2.45) is 16.6 Å². The van der Waals surface area contributed by atoms with E-state index in [1.807, 2.05) is 0 Å². The Bertz CT molecular complexity index is 225. The van der Waals surface area contributed by atoms with Gasteiger partial charge >= 0.3 is 0 Å². The maximum atomic E-state index is 5.75. The van der Waals surface area contributed by atoms with Crippen LogP contribution < -0.4 is 11.1 Å². The van der Waals surface area contributed by atoms with Crippen LogP contribution in [0, 0.1) is 5.92 Å². The highest BCUT2D eigenvalue weighted by atomic mass is 16.5. The molecule has 0 atom stereocenters. The minimum Gasteiger partial charge on any atom is -0.379 e. The topological polar surface area (TPSA) is 62.9 Å². The Labute approximate surface area is 104 Å². The first-order valence-electron chi connectivity index (χ1n) is 6.52. The maximum absolute atomic E-state index is 5.75. The van der Waals surface area contributed by atoms with E-state index in [2.05, 4.69) is 29.1 Å². The molecule has 0 aliphatic carbocycles. The van der Waals surface area contributed by atoms with E-state index in [9.17, 15) is 0 Å². The minimum absolute atomic E-state index is 0.559. The first kappa shape index (κ1) is 14.3. The zero-order valence-corrected chi connectivity index (χ0v) is 11.1. The molecule has 1 fully saturated rings. The van der Waals surface area contributed by atoms with Gasteiger partial charge in [0.05, 0.1) is 13.2 Å². The summed E-state index contributed by atoms with van der Waals surface area (Å²) in [5.41, 5.74) is 5.75. The van der Waals surface area contributed by atoms with Gasteiger partial charge in [0.15, 0.2) is 5.96 Å². The Hall–Kier alpha value is -0.810. The average molecular weight is 242 g/mol. The summed E-state index contributed by atoms with van der Waals surface area (Å²) in [6.45, 7) is 10.9. The molecule has 0 saturated carbocycles. The Kier molecular flexibility index (Phi) is 6.96. The van der Waals surface area contributed by atoms with Gasteiger partial charge in [-0.15, -0.1) is 0 Å².